The van der Waals surface area contributed by atoms with Crippen molar-refractivity contribution in [1.29, 1.82) is 0 Å². The largest absolute Gasteiger partial charge is 0.495 e. The number of benzene rings is 2. The van der Waals surface area contributed by atoms with Gasteiger partial charge in [0.25, 0.3) is 5.91 Å². The first kappa shape index (κ1) is 21.0. The van der Waals surface area contributed by atoms with Crippen LogP contribution in [0.2, 0.25) is 0 Å². The van der Waals surface area contributed by atoms with E-state index in [1.165, 1.54) is 0 Å². The van der Waals surface area contributed by atoms with Crippen molar-refractivity contribution in [3.8, 4) is 5.75 Å². The molecule has 0 aromatic heterocycles. The molecule has 168 valence electrons. The minimum absolute atomic E-state index is 0.0423. The van der Waals surface area contributed by atoms with Crippen LogP contribution in [0, 0.1) is 0 Å². The van der Waals surface area contributed by atoms with Gasteiger partial charge < -0.3 is 15.0 Å². The summed E-state index contributed by atoms with van der Waals surface area (Å²) in [6.07, 6.45) is 9.42. The number of hydrogen-bond acceptors (Lipinski definition) is 3. The van der Waals surface area contributed by atoms with Crippen molar-refractivity contribution < 1.29 is 14.3 Å². The molecule has 5 rings (SSSR count). The van der Waals surface area contributed by atoms with Gasteiger partial charge in [0.1, 0.15) is 5.75 Å². The first-order valence-electron chi connectivity index (χ1n) is 12.0. The van der Waals surface area contributed by atoms with E-state index in [0.29, 0.717) is 17.0 Å². The van der Waals surface area contributed by atoms with E-state index in [1.807, 2.05) is 48.5 Å². The Morgan fingerprint density at radius 1 is 0.969 bits per heavy atom. The lowest BCUT2D eigenvalue weighted by molar-refractivity contribution is -0.123. The quantitative estimate of drug-likeness (QED) is 0.692. The lowest BCUT2D eigenvalue weighted by atomic mass is 9.64. The van der Waals surface area contributed by atoms with Crippen LogP contribution in [0.1, 0.15) is 79.6 Å². The van der Waals surface area contributed by atoms with E-state index in [-0.39, 0.29) is 23.8 Å². The Labute approximate surface area is 190 Å². The number of amides is 2. The SMILES string of the molecule is COc1ccccc1NC(=O)C1c2ccccc2C(=O)N(C2CCCC2)C12CCCCC2. The van der Waals surface area contributed by atoms with Gasteiger partial charge >= 0.3 is 0 Å². The Hall–Kier alpha value is -2.82. The smallest absolute Gasteiger partial charge is 0.254 e. The Balaban J connectivity index is 1.62. The molecule has 5 heteroatoms. The number of ether oxygens (including phenoxy) is 1. The maximum Gasteiger partial charge on any atom is 0.254 e. The molecule has 2 aromatic carbocycles. The summed E-state index contributed by atoms with van der Waals surface area (Å²) in [6, 6.07) is 15.5. The molecular weight excluding hydrogens is 400 g/mol. The number of nitrogens with one attached hydrogen (secondary N) is 1. The zero-order valence-corrected chi connectivity index (χ0v) is 18.8. The predicted octanol–water partition coefficient (Wildman–Crippen LogP) is 5.52. The first-order chi connectivity index (χ1) is 15.7. The molecule has 2 aromatic rings. The second-order valence-corrected chi connectivity index (χ2v) is 9.49. The van der Waals surface area contributed by atoms with Crippen LogP contribution in [0.15, 0.2) is 48.5 Å². The minimum atomic E-state index is -0.454. The summed E-state index contributed by atoms with van der Waals surface area (Å²) >= 11 is 0. The highest BCUT2D eigenvalue weighted by Gasteiger charge is 2.56. The van der Waals surface area contributed by atoms with Crippen molar-refractivity contribution >= 4 is 17.5 Å². The van der Waals surface area contributed by atoms with Gasteiger partial charge in [-0.15, -0.1) is 0 Å². The number of para-hydroxylation sites is 2. The fraction of sp³-hybridized carbons (Fsp3) is 0.481. The summed E-state index contributed by atoms with van der Waals surface area (Å²) in [4.78, 5) is 30.1. The van der Waals surface area contributed by atoms with Crippen molar-refractivity contribution in [3.05, 3.63) is 59.7 Å². The summed E-state index contributed by atoms with van der Waals surface area (Å²) in [5.41, 5.74) is 1.79. The number of methoxy groups -OCH3 is 1. The summed E-state index contributed by atoms with van der Waals surface area (Å²) < 4.78 is 5.48. The van der Waals surface area contributed by atoms with Crippen molar-refractivity contribution in [2.75, 3.05) is 12.4 Å². The van der Waals surface area contributed by atoms with E-state index in [9.17, 15) is 9.59 Å². The molecule has 1 atom stereocenters. The summed E-state index contributed by atoms with van der Waals surface area (Å²) in [6.45, 7) is 0. The van der Waals surface area contributed by atoms with Gasteiger partial charge in [-0.05, 0) is 49.4 Å². The zero-order valence-electron chi connectivity index (χ0n) is 18.8. The Bertz CT molecular complexity index is 1010. The number of carbonyl (C=O) groups is 2. The van der Waals surface area contributed by atoms with Crippen LogP contribution in [-0.2, 0) is 4.79 Å². The van der Waals surface area contributed by atoms with E-state index in [0.717, 1.165) is 63.4 Å². The molecule has 1 aliphatic heterocycles. The third kappa shape index (κ3) is 3.39. The van der Waals surface area contributed by atoms with E-state index >= 15 is 0 Å². The lowest BCUT2D eigenvalue weighted by Crippen LogP contribution is -2.64. The van der Waals surface area contributed by atoms with Crippen LogP contribution in [0.3, 0.4) is 0 Å². The van der Waals surface area contributed by atoms with Gasteiger partial charge in [0, 0.05) is 11.6 Å². The standard InChI is InChI=1S/C27H32N2O3/c1-32-23-16-8-7-15-22(23)28-25(30)24-20-13-5-6-14-21(20)26(31)29(19-11-3-4-12-19)27(24)17-9-2-10-18-27/h5-8,13-16,19,24H,2-4,9-12,17-18H2,1H3,(H,28,30). The van der Waals surface area contributed by atoms with Gasteiger partial charge in [-0.2, -0.15) is 0 Å². The molecule has 5 nitrogen and oxygen atoms in total. The number of nitrogens with zero attached hydrogens (tertiary/aromatic N) is 1. The average molecular weight is 433 g/mol. The summed E-state index contributed by atoms with van der Waals surface area (Å²) in [5, 5.41) is 3.17. The zero-order chi connectivity index (χ0) is 22.1. The van der Waals surface area contributed by atoms with Gasteiger partial charge in [-0.1, -0.05) is 62.4 Å². The predicted molar refractivity (Wildman–Crippen MR) is 125 cm³/mol. The maximum absolute atomic E-state index is 14.0. The van der Waals surface area contributed by atoms with Gasteiger partial charge in [0.15, 0.2) is 0 Å². The monoisotopic (exact) mass is 432 g/mol. The van der Waals surface area contributed by atoms with Crippen molar-refractivity contribution in [3.63, 3.8) is 0 Å². The molecular formula is C27H32N2O3. The summed E-state index contributed by atoms with van der Waals surface area (Å²) in [7, 11) is 1.62. The van der Waals surface area contributed by atoms with E-state index in [1.54, 1.807) is 7.11 Å². The molecule has 1 N–H and O–H groups in total. The van der Waals surface area contributed by atoms with Gasteiger partial charge in [-0.3, -0.25) is 9.59 Å². The molecule has 32 heavy (non-hydrogen) atoms. The van der Waals surface area contributed by atoms with Gasteiger partial charge in [-0.25, -0.2) is 0 Å². The van der Waals surface area contributed by atoms with Crippen LogP contribution in [0.5, 0.6) is 5.75 Å². The Kier molecular flexibility index (Phi) is 5.66. The van der Waals surface area contributed by atoms with Crippen LogP contribution in [0.25, 0.3) is 0 Å². The summed E-state index contributed by atoms with van der Waals surface area (Å²) in [5.74, 6) is 0.337. The highest BCUT2D eigenvalue weighted by atomic mass is 16.5. The van der Waals surface area contributed by atoms with Crippen LogP contribution in [0.4, 0.5) is 5.69 Å². The highest BCUT2D eigenvalue weighted by molar-refractivity contribution is 6.05. The van der Waals surface area contributed by atoms with Crippen molar-refractivity contribution in [1.82, 2.24) is 4.90 Å². The van der Waals surface area contributed by atoms with Crippen LogP contribution >= 0.6 is 0 Å². The van der Waals surface area contributed by atoms with Crippen molar-refractivity contribution in [2.45, 2.75) is 75.3 Å². The Morgan fingerprint density at radius 3 is 2.41 bits per heavy atom. The Morgan fingerprint density at radius 2 is 1.66 bits per heavy atom. The fourth-order valence-corrected chi connectivity index (χ4v) is 6.43. The minimum Gasteiger partial charge on any atom is -0.495 e. The van der Waals surface area contributed by atoms with Gasteiger partial charge in [0.2, 0.25) is 5.91 Å². The van der Waals surface area contributed by atoms with E-state index in [4.69, 9.17) is 4.74 Å². The third-order valence-corrected chi connectivity index (χ3v) is 7.77. The average Bonchev–Trinajstić information content (AvgIpc) is 3.34. The second kappa shape index (κ2) is 8.61. The van der Waals surface area contributed by atoms with E-state index in [2.05, 4.69) is 10.2 Å². The molecule has 0 saturated heterocycles. The van der Waals surface area contributed by atoms with Gasteiger partial charge in [0.05, 0.1) is 24.3 Å². The normalized spacial score (nSPS) is 22.6. The second-order valence-electron chi connectivity index (χ2n) is 9.49. The molecule has 1 spiro atoms. The van der Waals surface area contributed by atoms with Crippen LogP contribution < -0.4 is 10.1 Å². The molecule has 2 amide bonds. The lowest BCUT2D eigenvalue weighted by Gasteiger charge is -2.56. The molecule has 2 aliphatic carbocycles. The molecule has 0 bridgehead atoms. The number of rotatable bonds is 4. The highest BCUT2D eigenvalue weighted by Crippen LogP contribution is 2.52. The molecule has 2 saturated carbocycles. The molecule has 0 radical (unpaired) electrons. The van der Waals surface area contributed by atoms with Crippen LogP contribution in [-0.4, -0.2) is 35.4 Å². The number of anilines is 1. The number of hydrogen-bond donors (Lipinski definition) is 1. The topological polar surface area (TPSA) is 58.6 Å². The molecule has 1 heterocycles. The molecule has 1 unspecified atom stereocenters. The number of fused-ring (bicyclic) bond motifs is 1. The third-order valence-electron chi connectivity index (χ3n) is 7.77. The number of carbonyl (C=O) groups excluding carboxylic acids is 2. The first-order valence-corrected chi connectivity index (χ1v) is 12.0. The molecule has 3 aliphatic rings. The van der Waals surface area contributed by atoms with Crippen molar-refractivity contribution in [2.24, 2.45) is 0 Å². The maximum atomic E-state index is 14.0. The van der Waals surface area contributed by atoms with E-state index < -0.39 is 5.54 Å². The fourth-order valence-electron chi connectivity index (χ4n) is 6.43. The molecule has 2 fully saturated rings.